The summed E-state index contributed by atoms with van der Waals surface area (Å²) in [5.74, 6) is -0.608. The van der Waals surface area contributed by atoms with Gasteiger partial charge in [-0.1, -0.05) is 26.7 Å². The van der Waals surface area contributed by atoms with E-state index in [2.05, 4.69) is 6.92 Å². The van der Waals surface area contributed by atoms with E-state index in [9.17, 15) is 9.90 Å². The largest absolute Gasteiger partial charge is 0.480 e. The van der Waals surface area contributed by atoms with Gasteiger partial charge in [-0.25, -0.2) is 0 Å². The summed E-state index contributed by atoms with van der Waals surface area (Å²) in [7, 11) is -0.605. The van der Waals surface area contributed by atoms with Crippen molar-refractivity contribution in [1.29, 1.82) is 0 Å². The van der Waals surface area contributed by atoms with Crippen LogP contribution in [0.15, 0.2) is 0 Å². The highest BCUT2D eigenvalue weighted by Gasteiger charge is 2.47. The lowest BCUT2D eigenvalue weighted by molar-refractivity contribution is -0.201. The van der Waals surface area contributed by atoms with Gasteiger partial charge >= 0.3 is 5.97 Å². The topological polar surface area (TPSA) is 49.8 Å². The van der Waals surface area contributed by atoms with Gasteiger partial charge in [-0.15, -0.1) is 0 Å². The molecule has 0 radical (unpaired) electrons. The standard InChI is InChI=1S/C12H25NO3Si/c1-4-5-9-17-16-13-8-6-7-10(2)12(13,3)11(14)15/h10H,4-9,17H2,1-3H3,(H,14,15). The number of carboxylic acids is 1. The summed E-state index contributed by atoms with van der Waals surface area (Å²) >= 11 is 0. The smallest absolute Gasteiger partial charge is 0.326 e. The Bertz CT molecular complexity index is 262. The first-order chi connectivity index (χ1) is 8.03. The van der Waals surface area contributed by atoms with Crippen LogP contribution in [0.3, 0.4) is 0 Å². The summed E-state index contributed by atoms with van der Waals surface area (Å²) in [4.78, 5) is 11.5. The second-order valence-corrected chi connectivity index (χ2v) is 6.51. The number of hydrogen-bond acceptors (Lipinski definition) is 3. The predicted octanol–water partition coefficient (Wildman–Crippen LogP) is 1.80. The van der Waals surface area contributed by atoms with E-state index in [-0.39, 0.29) is 5.92 Å². The maximum Gasteiger partial charge on any atom is 0.326 e. The number of nitrogens with zero attached hydrogens (tertiary/aromatic N) is 1. The molecular formula is C12H25NO3Si. The molecule has 0 aromatic carbocycles. The van der Waals surface area contributed by atoms with Gasteiger partial charge in [-0.2, -0.15) is 5.06 Å². The number of hydroxylamine groups is 2. The van der Waals surface area contributed by atoms with E-state index in [0.717, 1.165) is 25.4 Å². The Hall–Kier alpha value is -0.393. The number of aliphatic carboxylic acids is 1. The molecule has 1 heterocycles. The lowest BCUT2D eigenvalue weighted by Gasteiger charge is -2.45. The minimum absolute atomic E-state index is 0.147. The van der Waals surface area contributed by atoms with Gasteiger partial charge in [0.25, 0.3) is 0 Å². The Kier molecular flexibility index (Phi) is 5.62. The van der Waals surface area contributed by atoms with Crippen molar-refractivity contribution in [3.63, 3.8) is 0 Å². The zero-order chi connectivity index (χ0) is 12.9. The summed E-state index contributed by atoms with van der Waals surface area (Å²) in [6.45, 7) is 6.73. The Labute approximate surface area is 106 Å². The molecule has 0 bridgehead atoms. The second-order valence-electron chi connectivity index (χ2n) is 5.14. The summed E-state index contributed by atoms with van der Waals surface area (Å²) < 4.78 is 5.82. The first-order valence-corrected chi connectivity index (χ1v) is 8.25. The molecule has 1 aliphatic heterocycles. The van der Waals surface area contributed by atoms with E-state index in [0.29, 0.717) is 0 Å². The summed E-state index contributed by atoms with van der Waals surface area (Å²) in [6.07, 6.45) is 4.38. The lowest BCUT2D eigenvalue weighted by atomic mass is 9.80. The van der Waals surface area contributed by atoms with Crippen LogP contribution >= 0.6 is 0 Å². The lowest BCUT2D eigenvalue weighted by Crippen LogP contribution is -2.59. The fourth-order valence-corrected chi connectivity index (χ4v) is 3.79. The molecule has 5 heteroatoms. The van der Waals surface area contributed by atoms with Gasteiger partial charge in [0.2, 0.25) is 0 Å². The molecule has 4 nitrogen and oxygen atoms in total. The zero-order valence-corrected chi connectivity index (χ0v) is 12.7. The number of carbonyl (C=O) groups is 1. The van der Waals surface area contributed by atoms with Crippen molar-refractivity contribution in [2.24, 2.45) is 5.92 Å². The highest BCUT2D eigenvalue weighted by Crippen LogP contribution is 2.33. The molecule has 0 amide bonds. The van der Waals surface area contributed by atoms with Crippen molar-refractivity contribution < 1.29 is 14.4 Å². The molecule has 0 aromatic heterocycles. The molecule has 0 saturated carbocycles. The van der Waals surface area contributed by atoms with Crippen LogP contribution in [0.2, 0.25) is 6.04 Å². The van der Waals surface area contributed by atoms with Crippen molar-refractivity contribution in [3.05, 3.63) is 0 Å². The molecule has 17 heavy (non-hydrogen) atoms. The van der Waals surface area contributed by atoms with E-state index in [1.165, 1.54) is 12.8 Å². The van der Waals surface area contributed by atoms with Gasteiger partial charge in [0.05, 0.1) is 0 Å². The Morgan fingerprint density at radius 3 is 2.94 bits per heavy atom. The van der Waals surface area contributed by atoms with E-state index in [4.69, 9.17) is 4.53 Å². The molecule has 0 aromatic rings. The number of rotatable bonds is 6. The van der Waals surface area contributed by atoms with E-state index in [1.54, 1.807) is 12.0 Å². The highest BCUT2D eigenvalue weighted by molar-refractivity contribution is 6.26. The third-order valence-electron chi connectivity index (χ3n) is 3.90. The van der Waals surface area contributed by atoms with E-state index < -0.39 is 21.3 Å². The maximum atomic E-state index is 11.5. The first-order valence-electron chi connectivity index (χ1n) is 6.67. The fourth-order valence-electron chi connectivity index (χ4n) is 2.34. The van der Waals surface area contributed by atoms with Gasteiger partial charge < -0.3 is 9.63 Å². The molecule has 1 N–H and O–H groups in total. The van der Waals surface area contributed by atoms with E-state index >= 15 is 0 Å². The van der Waals surface area contributed by atoms with Gasteiger partial charge in [-0.3, -0.25) is 4.79 Å². The zero-order valence-electron chi connectivity index (χ0n) is 11.2. The fraction of sp³-hybridized carbons (Fsp3) is 0.917. The molecule has 2 unspecified atom stereocenters. The first kappa shape index (κ1) is 14.7. The van der Waals surface area contributed by atoms with Gasteiger partial charge in [0.1, 0.15) is 5.54 Å². The summed E-state index contributed by atoms with van der Waals surface area (Å²) in [6, 6.07) is 1.14. The van der Waals surface area contributed by atoms with Crippen LogP contribution in [-0.4, -0.2) is 38.0 Å². The molecule has 2 atom stereocenters. The minimum Gasteiger partial charge on any atom is -0.480 e. The third-order valence-corrected chi connectivity index (χ3v) is 5.19. The third kappa shape index (κ3) is 3.30. The number of unbranched alkanes of at least 4 members (excludes halogenated alkanes) is 1. The molecule has 1 fully saturated rings. The average Bonchev–Trinajstić information content (AvgIpc) is 2.29. The van der Waals surface area contributed by atoms with Crippen LogP contribution in [0.1, 0.15) is 46.5 Å². The number of piperidine rings is 1. The maximum absolute atomic E-state index is 11.5. The Balaban J connectivity index is 2.57. The number of carboxylic acid groups (broad SMARTS) is 1. The van der Waals surface area contributed by atoms with Crippen LogP contribution in [0, 0.1) is 5.92 Å². The van der Waals surface area contributed by atoms with Crippen LogP contribution in [0.5, 0.6) is 0 Å². The Morgan fingerprint density at radius 1 is 1.65 bits per heavy atom. The van der Waals surface area contributed by atoms with Gasteiger partial charge in [0.15, 0.2) is 9.76 Å². The van der Waals surface area contributed by atoms with Crippen molar-refractivity contribution in [2.75, 3.05) is 6.54 Å². The molecule has 1 rings (SSSR count). The molecule has 1 saturated heterocycles. The summed E-state index contributed by atoms with van der Waals surface area (Å²) in [5.41, 5.74) is -0.836. The SMILES string of the molecule is CCCC[SiH2]ON1CCCC(C)C1(C)C(=O)O. The van der Waals surface area contributed by atoms with Gasteiger partial charge in [-0.05, 0) is 31.7 Å². The van der Waals surface area contributed by atoms with Crippen molar-refractivity contribution in [3.8, 4) is 0 Å². The molecule has 0 aliphatic carbocycles. The van der Waals surface area contributed by atoms with Crippen LogP contribution in [0.4, 0.5) is 0 Å². The quantitative estimate of drug-likeness (QED) is 0.584. The van der Waals surface area contributed by atoms with Gasteiger partial charge in [0, 0.05) is 6.54 Å². The molecule has 100 valence electrons. The van der Waals surface area contributed by atoms with Crippen molar-refractivity contribution in [1.82, 2.24) is 5.06 Å². The Morgan fingerprint density at radius 2 is 2.35 bits per heavy atom. The predicted molar refractivity (Wildman–Crippen MR) is 70.5 cm³/mol. The van der Waals surface area contributed by atoms with Crippen molar-refractivity contribution >= 4 is 15.7 Å². The summed E-state index contributed by atoms with van der Waals surface area (Å²) in [5, 5.41) is 11.2. The second kappa shape index (κ2) is 6.52. The highest BCUT2D eigenvalue weighted by atomic mass is 28.2. The molecule has 1 aliphatic rings. The molecular weight excluding hydrogens is 234 g/mol. The monoisotopic (exact) mass is 259 g/mol. The normalized spacial score (nSPS) is 31.1. The van der Waals surface area contributed by atoms with Crippen LogP contribution < -0.4 is 0 Å². The molecule has 0 spiro atoms. The minimum atomic E-state index is -0.836. The van der Waals surface area contributed by atoms with Crippen LogP contribution in [0.25, 0.3) is 0 Å². The average molecular weight is 259 g/mol. The van der Waals surface area contributed by atoms with E-state index in [1.807, 2.05) is 6.92 Å². The number of hydrogen-bond donors (Lipinski definition) is 1. The van der Waals surface area contributed by atoms with Crippen LogP contribution in [-0.2, 0) is 9.32 Å². The van der Waals surface area contributed by atoms with Crippen molar-refractivity contribution in [2.45, 2.75) is 58.0 Å².